The average molecular weight is 361 g/mol. The number of nitro benzene ring substituents is 1. The zero-order valence-corrected chi connectivity index (χ0v) is 15.2. The van der Waals surface area contributed by atoms with E-state index in [0.717, 1.165) is 35.6 Å². The summed E-state index contributed by atoms with van der Waals surface area (Å²) in [5, 5.41) is 21.5. The van der Waals surface area contributed by atoms with E-state index in [1.807, 2.05) is 18.5 Å². The Labute approximate surface area is 151 Å². The molecule has 0 saturated carbocycles. The molecule has 1 aromatic heterocycles. The highest BCUT2D eigenvalue weighted by Crippen LogP contribution is 2.40. The number of morpholine rings is 1. The van der Waals surface area contributed by atoms with Crippen molar-refractivity contribution in [2.24, 2.45) is 13.0 Å². The molecule has 26 heavy (non-hydrogen) atoms. The van der Waals surface area contributed by atoms with Crippen LogP contribution in [0, 0.1) is 23.0 Å². The van der Waals surface area contributed by atoms with Gasteiger partial charge in [0.1, 0.15) is 0 Å². The van der Waals surface area contributed by atoms with Crippen molar-refractivity contribution < 1.29 is 19.6 Å². The van der Waals surface area contributed by atoms with Gasteiger partial charge in [-0.25, -0.2) is 0 Å². The molecular weight excluding hydrogens is 338 g/mol. The number of fused-ring (bicyclic) bond motifs is 1. The fraction of sp³-hybridized carbons (Fsp3) is 0.500. The lowest BCUT2D eigenvalue weighted by molar-refractivity contribution is -0.383. The molecule has 0 spiro atoms. The van der Waals surface area contributed by atoms with Crippen molar-refractivity contribution in [2.45, 2.75) is 20.3 Å². The van der Waals surface area contributed by atoms with Gasteiger partial charge in [-0.05, 0) is 25.0 Å². The number of hydrogen-bond donors (Lipinski definition) is 1. The Kier molecular flexibility index (Phi) is 4.86. The standard InChI is InChI=1S/C18H23N3O5/c1-11(18(22)23)10-13-12(2)19(3)17-15(20-6-8-26-9-7-20)5-4-14(16(13)17)21(24)25/h4-5,11H,6-10H2,1-3H3,(H,22,23). The molecule has 1 aliphatic heterocycles. The molecular formula is C18H23N3O5. The second-order valence-corrected chi connectivity index (χ2v) is 6.75. The first-order chi connectivity index (χ1) is 12.3. The Bertz CT molecular complexity index is 868. The number of nitrogens with zero attached hydrogens (tertiary/aromatic N) is 3. The number of anilines is 1. The molecule has 1 aliphatic rings. The van der Waals surface area contributed by atoms with Crippen molar-refractivity contribution in [3.63, 3.8) is 0 Å². The van der Waals surface area contributed by atoms with E-state index in [9.17, 15) is 20.0 Å². The maximum absolute atomic E-state index is 11.6. The molecule has 1 unspecified atom stereocenters. The summed E-state index contributed by atoms with van der Waals surface area (Å²) in [6.45, 7) is 6.18. The summed E-state index contributed by atoms with van der Waals surface area (Å²) in [6, 6.07) is 3.32. The summed E-state index contributed by atoms with van der Waals surface area (Å²) < 4.78 is 7.35. The number of aliphatic carboxylic acids is 1. The largest absolute Gasteiger partial charge is 0.481 e. The van der Waals surface area contributed by atoms with Crippen LogP contribution in [0.1, 0.15) is 18.2 Å². The third-order valence-electron chi connectivity index (χ3n) is 5.19. The molecule has 2 aromatic rings. The Morgan fingerprint density at radius 3 is 2.62 bits per heavy atom. The Morgan fingerprint density at radius 1 is 1.38 bits per heavy atom. The summed E-state index contributed by atoms with van der Waals surface area (Å²) in [6.07, 6.45) is 0.256. The fourth-order valence-electron chi connectivity index (χ4n) is 3.61. The van der Waals surface area contributed by atoms with Crippen LogP contribution in [0.4, 0.5) is 11.4 Å². The molecule has 0 amide bonds. The highest BCUT2D eigenvalue weighted by Gasteiger charge is 2.28. The smallest absolute Gasteiger partial charge is 0.306 e. The Hall–Kier alpha value is -2.61. The van der Waals surface area contributed by atoms with E-state index in [4.69, 9.17) is 4.74 Å². The number of carboxylic acids is 1. The molecule has 0 aliphatic carbocycles. The van der Waals surface area contributed by atoms with Gasteiger partial charge >= 0.3 is 5.97 Å². The van der Waals surface area contributed by atoms with E-state index in [1.165, 1.54) is 6.07 Å². The molecule has 1 N–H and O–H groups in total. The van der Waals surface area contributed by atoms with Crippen molar-refractivity contribution in [3.05, 3.63) is 33.5 Å². The average Bonchev–Trinajstić information content (AvgIpc) is 2.87. The maximum Gasteiger partial charge on any atom is 0.306 e. The first-order valence-corrected chi connectivity index (χ1v) is 8.63. The third kappa shape index (κ3) is 3.01. The number of ether oxygens (including phenoxy) is 1. The normalized spacial score (nSPS) is 16.0. The van der Waals surface area contributed by atoms with Crippen LogP contribution in [0.25, 0.3) is 10.9 Å². The lowest BCUT2D eigenvalue weighted by Crippen LogP contribution is -2.36. The first-order valence-electron chi connectivity index (χ1n) is 8.63. The predicted molar refractivity (Wildman–Crippen MR) is 97.8 cm³/mol. The summed E-state index contributed by atoms with van der Waals surface area (Å²) in [4.78, 5) is 24.7. The zero-order chi connectivity index (χ0) is 19.0. The molecule has 8 nitrogen and oxygen atoms in total. The second-order valence-electron chi connectivity index (χ2n) is 6.75. The van der Waals surface area contributed by atoms with Crippen molar-refractivity contribution in [1.82, 2.24) is 4.57 Å². The molecule has 0 radical (unpaired) electrons. The molecule has 0 bridgehead atoms. The zero-order valence-electron chi connectivity index (χ0n) is 15.2. The van der Waals surface area contributed by atoms with Crippen LogP contribution in [-0.4, -0.2) is 46.9 Å². The van der Waals surface area contributed by atoms with Crippen molar-refractivity contribution in [1.29, 1.82) is 0 Å². The van der Waals surface area contributed by atoms with Gasteiger partial charge in [-0.15, -0.1) is 0 Å². The number of hydrogen-bond acceptors (Lipinski definition) is 5. The topological polar surface area (TPSA) is 97.8 Å². The molecule has 1 saturated heterocycles. The SMILES string of the molecule is Cc1c(CC(C)C(=O)O)c2c([N+](=O)[O-])ccc(N3CCOCC3)c2n1C. The number of carboxylic acid groups (broad SMARTS) is 1. The molecule has 1 atom stereocenters. The second kappa shape index (κ2) is 6.95. The molecule has 2 heterocycles. The van der Waals surface area contributed by atoms with Gasteiger partial charge < -0.3 is 19.3 Å². The lowest BCUT2D eigenvalue weighted by atomic mass is 9.97. The highest BCUT2D eigenvalue weighted by molar-refractivity contribution is 6.01. The first kappa shape index (κ1) is 18.2. The summed E-state index contributed by atoms with van der Waals surface area (Å²) in [5.41, 5.74) is 3.32. The van der Waals surface area contributed by atoms with Crippen LogP contribution in [0.2, 0.25) is 0 Å². The van der Waals surface area contributed by atoms with Crippen LogP contribution in [0.15, 0.2) is 12.1 Å². The number of non-ortho nitro benzene ring substituents is 1. The van der Waals surface area contributed by atoms with Gasteiger partial charge in [-0.1, -0.05) is 6.92 Å². The van der Waals surface area contributed by atoms with E-state index >= 15 is 0 Å². The summed E-state index contributed by atoms with van der Waals surface area (Å²) in [5.74, 6) is -1.53. The van der Waals surface area contributed by atoms with E-state index < -0.39 is 11.9 Å². The van der Waals surface area contributed by atoms with Crippen LogP contribution in [0.3, 0.4) is 0 Å². The van der Waals surface area contributed by atoms with E-state index in [2.05, 4.69) is 4.90 Å². The minimum absolute atomic E-state index is 0.0216. The highest BCUT2D eigenvalue weighted by atomic mass is 16.6. The van der Waals surface area contributed by atoms with Gasteiger partial charge in [0.05, 0.1) is 40.6 Å². The predicted octanol–water partition coefficient (Wildman–Crippen LogP) is 2.49. The van der Waals surface area contributed by atoms with E-state index in [-0.39, 0.29) is 17.0 Å². The van der Waals surface area contributed by atoms with Gasteiger partial charge in [-0.2, -0.15) is 0 Å². The summed E-state index contributed by atoms with van der Waals surface area (Å²) >= 11 is 0. The third-order valence-corrected chi connectivity index (χ3v) is 5.19. The number of rotatable bonds is 5. The lowest BCUT2D eigenvalue weighted by Gasteiger charge is -2.29. The van der Waals surface area contributed by atoms with Crippen LogP contribution in [-0.2, 0) is 23.0 Å². The van der Waals surface area contributed by atoms with Crippen LogP contribution in [0.5, 0.6) is 0 Å². The number of nitro groups is 1. The maximum atomic E-state index is 11.6. The van der Waals surface area contributed by atoms with E-state index in [1.54, 1.807) is 13.0 Å². The minimum atomic E-state index is -0.909. The van der Waals surface area contributed by atoms with E-state index in [0.29, 0.717) is 18.6 Å². The van der Waals surface area contributed by atoms with Gasteiger partial charge in [0, 0.05) is 31.9 Å². The number of aryl methyl sites for hydroxylation is 1. The Balaban J connectivity index is 2.25. The fourth-order valence-corrected chi connectivity index (χ4v) is 3.61. The number of benzene rings is 1. The van der Waals surface area contributed by atoms with Gasteiger partial charge in [0.2, 0.25) is 0 Å². The number of carbonyl (C=O) groups is 1. The molecule has 1 fully saturated rings. The molecule has 1 aromatic carbocycles. The minimum Gasteiger partial charge on any atom is -0.481 e. The van der Waals surface area contributed by atoms with Crippen molar-refractivity contribution >= 4 is 28.2 Å². The molecule has 3 rings (SSSR count). The summed E-state index contributed by atoms with van der Waals surface area (Å²) in [7, 11) is 1.88. The molecule has 8 heteroatoms. The van der Waals surface area contributed by atoms with Crippen molar-refractivity contribution in [2.75, 3.05) is 31.2 Å². The van der Waals surface area contributed by atoms with Crippen LogP contribution >= 0.6 is 0 Å². The molecule has 140 valence electrons. The monoisotopic (exact) mass is 361 g/mol. The van der Waals surface area contributed by atoms with Gasteiger partial charge in [-0.3, -0.25) is 14.9 Å². The number of aromatic nitrogens is 1. The van der Waals surface area contributed by atoms with Gasteiger partial charge in [0.25, 0.3) is 5.69 Å². The quantitative estimate of drug-likeness (QED) is 0.649. The van der Waals surface area contributed by atoms with Crippen LogP contribution < -0.4 is 4.90 Å². The Morgan fingerprint density at radius 2 is 2.04 bits per heavy atom. The van der Waals surface area contributed by atoms with Gasteiger partial charge in [0.15, 0.2) is 0 Å². The van der Waals surface area contributed by atoms with Crippen molar-refractivity contribution in [3.8, 4) is 0 Å².